The highest BCUT2D eigenvalue weighted by atomic mass is 16.6. The molecule has 5 nitrogen and oxygen atoms in total. The molecular weight excluding hydrogens is 208 g/mol. The zero-order valence-corrected chi connectivity index (χ0v) is 8.90. The van der Waals surface area contributed by atoms with Crippen molar-refractivity contribution in [1.82, 2.24) is 4.98 Å². The van der Waals surface area contributed by atoms with Crippen molar-refractivity contribution in [2.45, 2.75) is 13.3 Å². The van der Waals surface area contributed by atoms with E-state index in [2.05, 4.69) is 15.0 Å². The van der Waals surface area contributed by atoms with Gasteiger partial charge in [-0.2, -0.15) is 0 Å². The number of fused-ring (bicyclic) bond motifs is 1. The predicted molar refractivity (Wildman–Crippen MR) is 60.5 cm³/mol. The second-order valence-electron chi connectivity index (χ2n) is 3.42. The summed E-state index contributed by atoms with van der Waals surface area (Å²) in [4.78, 5) is 17.7. The molecule has 0 unspecified atom stereocenters. The summed E-state index contributed by atoms with van der Waals surface area (Å²) < 4.78 is 4.76. The van der Waals surface area contributed by atoms with Crippen LogP contribution in [0.3, 0.4) is 0 Å². The number of hydrogen-bond donors (Lipinski definition) is 1. The Bertz CT molecular complexity index is 517. The Morgan fingerprint density at radius 3 is 2.75 bits per heavy atom. The Morgan fingerprint density at radius 2 is 2.19 bits per heavy atom. The maximum Gasteiger partial charge on any atom is 0.417 e. The minimum Gasteiger partial charge on any atom is -0.408 e. The molecule has 84 valence electrons. The van der Waals surface area contributed by atoms with Crippen molar-refractivity contribution in [3.05, 3.63) is 34.8 Å². The van der Waals surface area contributed by atoms with E-state index in [-0.39, 0.29) is 0 Å². The fraction of sp³-hybridized carbons (Fsp3) is 0.273. The van der Waals surface area contributed by atoms with Gasteiger partial charge in [0.1, 0.15) is 6.61 Å². The third kappa shape index (κ3) is 2.50. The molecule has 0 radical (unpaired) electrons. The summed E-state index contributed by atoms with van der Waals surface area (Å²) in [5, 5.41) is 3.65. The molecule has 0 saturated heterocycles. The van der Waals surface area contributed by atoms with E-state index >= 15 is 0 Å². The standard InChI is InChI=1S/C7H5NO2.C4H7NO/c9-7-8-5-3-1-2-4-6(5)10-7;1-4-2-3-6-5-4/h1-4H,(H,8,9);2-3H2,1H3. The molecule has 0 aliphatic carbocycles. The zero-order valence-electron chi connectivity index (χ0n) is 8.90. The predicted octanol–water partition coefficient (Wildman–Crippen LogP) is 1.90. The highest BCUT2D eigenvalue weighted by Gasteiger charge is 1.98. The number of oxime groups is 1. The van der Waals surface area contributed by atoms with Gasteiger partial charge < -0.3 is 9.25 Å². The van der Waals surface area contributed by atoms with Gasteiger partial charge in [-0.15, -0.1) is 0 Å². The average molecular weight is 220 g/mol. The van der Waals surface area contributed by atoms with Crippen LogP contribution < -0.4 is 5.76 Å². The van der Waals surface area contributed by atoms with Gasteiger partial charge in [-0.3, -0.25) is 4.98 Å². The summed E-state index contributed by atoms with van der Waals surface area (Å²) in [5.41, 5.74) is 2.45. The number of oxazole rings is 1. The molecule has 0 spiro atoms. The van der Waals surface area contributed by atoms with Crippen LogP contribution in [0.2, 0.25) is 0 Å². The summed E-state index contributed by atoms with van der Waals surface area (Å²) in [6.45, 7) is 2.75. The van der Waals surface area contributed by atoms with Crippen LogP contribution in [0.25, 0.3) is 11.1 Å². The molecule has 1 aliphatic rings. The normalized spacial score (nSPS) is 13.9. The van der Waals surface area contributed by atoms with E-state index < -0.39 is 5.76 Å². The molecule has 3 rings (SSSR count). The van der Waals surface area contributed by atoms with Crippen LogP contribution in [0.15, 0.2) is 38.6 Å². The van der Waals surface area contributed by atoms with Gasteiger partial charge in [0.2, 0.25) is 0 Å². The first kappa shape index (κ1) is 10.5. The lowest BCUT2D eigenvalue weighted by molar-refractivity contribution is 0.173. The quantitative estimate of drug-likeness (QED) is 0.737. The molecule has 2 heterocycles. The van der Waals surface area contributed by atoms with E-state index in [0.29, 0.717) is 5.58 Å². The minimum absolute atomic E-state index is 0.402. The van der Waals surface area contributed by atoms with Gasteiger partial charge >= 0.3 is 5.76 Å². The molecule has 0 atom stereocenters. The van der Waals surface area contributed by atoms with E-state index in [9.17, 15) is 4.79 Å². The lowest BCUT2D eigenvalue weighted by Gasteiger charge is -1.79. The second kappa shape index (κ2) is 4.65. The van der Waals surface area contributed by atoms with Crippen LogP contribution >= 0.6 is 0 Å². The van der Waals surface area contributed by atoms with Gasteiger partial charge in [0.25, 0.3) is 0 Å². The maximum atomic E-state index is 10.6. The molecule has 2 aromatic rings. The number of rotatable bonds is 0. The Morgan fingerprint density at radius 1 is 1.38 bits per heavy atom. The molecule has 1 aliphatic heterocycles. The number of nitrogens with zero attached hydrogens (tertiary/aromatic N) is 1. The van der Waals surface area contributed by atoms with Crippen LogP contribution in [0.5, 0.6) is 0 Å². The first-order valence-corrected chi connectivity index (χ1v) is 4.99. The van der Waals surface area contributed by atoms with Crippen LogP contribution in [-0.2, 0) is 4.84 Å². The van der Waals surface area contributed by atoms with E-state index in [1.807, 2.05) is 19.1 Å². The van der Waals surface area contributed by atoms with Crippen LogP contribution in [0, 0.1) is 0 Å². The molecular formula is C11H12N2O3. The number of H-pyrrole nitrogens is 1. The first-order chi connectivity index (χ1) is 7.75. The van der Waals surface area contributed by atoms with Gasteiger partial charge in [0.05, 0.1) is 11.2 Å². The fourth-order valence-corrected chi connectivity index (χ4v) is 1.29. The Balaban J connectivity index is 0.000000138. The third-order valence-electron chi connectivity index (χ3n) is 2.10. The minimum atomic E-state index is -0.402. The van der Waals surface area contributed by atoms with Crippen LogP contribution in [-0.4, -0.2) is 17.3 Å². The summed E-state index contributed by atoms with van der Waals surface area (Å²) in [6, 6.07) is 7.19. The molecule has 0 fully saturated rings. The molecule has 0 saturated carbocycles. The number of nitrogens with one attached hydrogen (secondary N) is 1. The van der Waals surface area contributed by atoms with Gasteiger partial charge in [0, 0.05) is 6.42 Å². The number of para-hydroxylation sites is 2. The van der Waals surface area contributed by atoms with E-state index in [1.54, 1.807) is 12.1 Å². The molecule has 0 amide bonds. The number of aromatic amines is 1. The lowest BCUT2D eigenvalue weighted by Crippen LogP contribution is -1.92. The van der Waals surface area contributed by atoms with Gasteiger partial charge in [0.15, 0.2) is 5.58 Å². The summed E-state index contributed by atoms with van der Waals surface area (Å²) in [5.74, 6) is -0.402. The molecule has 1 aromatic carbocycles. The highest BCUT2D eigenvalue weighted by Crippen LogP contribution is 2.06. The largest absolute Gasteiger partial charge is 0.417 e. The SMILES string of the molecule is CC1=NOCC1.O=c1[nH]c2ccccc2o1. The van der Waals surface area contributed by atoms with Gasteiger partial charge in [-0.1, -0.05) is 17.3 Å². The van der Waals surface area contributed by atoms with Crippen LogP contribution in [0.4, 0.5) is 0 Å². The maximum absolute atomic E-state index is 10.6. The van der Waals surface area contributed by atoms with Crippen molar-refractivity contribution >= 4 is 16.8 Å². The van der Waals surface area contributed by atoms with Gasteiger partial charge in [-0.05, 0) is 19.1 Å². The Labute approximate surface area is 91.7 Å². The van der Waals surface area contributed by atoms with Crippen molar-refractivity contribution in [2.24, 2.45) is 5.16 Å². The molecule has 5 heteroatoms. The van der Waals surface area contributed by atoms with Crippen molar-refractivity contribution < 1.29 is 9.25 Å². The summed E-state index contributed by atoms with van der Waals surface area (Å²) >= 11 is 0. The Hall–Kier alpha value is -2.04. The second-order valence-corrected chi connectivity index (χ2v) is 3.42. The molecule has 1 N–H and O–H groups in total. The first-order valence-electron chi connectivity index (χ1n) is 4.99. The van der Waals surface area contributed by atoms with Gasteiger partial charge in [-0.25, -0.2) is 4.79 Å². The van der Waals surface area contributed by atoms with Crippen molar-refractivity contribution in [3.8, 4) is 0 Å². The third-order valence-corrected chi connectivity index (χ3v) is 2.10. The highest BCUT2D eigenvalue weighted by molar-refractivity contribution is 5.82. The lowest BCUT2D eigenvalue weighted by atomic mass is 10.3. The fourth-order valence-electron chi connectivity index (χ4n) is 1.29. The van der Waals surface area contributed by atoms with Crippen molar-refractivity contribution in [2.75, 3.05) is 6.61 Å². The average Bonchev–Trinajstić information content (AvgIpc) is 2.86. The van der Waals surface area contributed by atoms with E-state index in [0.717, 1.165) is 24.3 Å². The molecule has 16 heavy (non-hydrogen) atoms. The molecule has 0 bridgehead atoms. The number of benzene rings is 1. The zero-order chi connectivity index (χ0) is 11.4. The smallest absolute Gasteiger partial charge is 0.408 e. The van der Waals surface area contributed by atoms with Crippen molar-refractivity contribution in [3.63, 3.8) is 0 Å². The monoisotopic (exact) mass is 220 g/mol. The Kier molecular flexibility index (Phi) is 3.05. The van der Waals surface area contributed by atoms with E-state index in [1.165, 1.54) is 0 Å². The number of hydrogen-bond acceptors (Lipinski definition) is 4. The topological polar surface area (TPSA) is 67.6 Å². The van der Waals surface area contributed by atoms with Crippen molar-refractivity contribution in [1.29, 1.82) is 0 Å². The summed E-state index contributed by atoms with van der Waals surface area (Å²) in [6.07, 6.45) is 1.01. The number of aromatic nitrogens is 1. The van der Waals surface area contributed by atoms with Crippen LogP contribution in [0.1, 0.15) is 13.3 Å². The summed E-state index contributed by atoms with van der Waals surface area (Å²) in [7, 11) is 0. The van der Waals surface area contributed by atoms with E-state index in [4.69, 9.17) is 4.42 Å². The molecule has 1 aromatic heterocycles.